The Morgan fingerprint density at radius 1 is 0.955 bits per heavy atom. The molecule has 22 heavy (non-hydrogen) atoms. The lowest BCUT2D eigenvalue weighted by atomic mass is 10.0. The van der Waals surface area contributed by atoms with E-state index in [0.29, 0.717) is 27.4 Å². The second kappa shape index (κ2) is 5.15. The fourth-order valence-electron chi connectivity index (χ4n) is 2.63. The minimum atomic E-state index is -4.76. The van der Waals surface area contributed by atoms with E-state index in [2.05, 4.69) is 0 Å². The second-order valence-electron chi connectivity index (χ2n) is 5.29. The lowest BCUT2D eigenvalue weighted by Crippen LogP contribution is -2.41. The van der Waals surface area contributed by atoms with Gasteiger partial charge in [-0.1, -0.05) is 17.7 Å². The SMILES string of the molecule is Cc1cc(C)c(-n2c(=O)cc(C(F)(F)F)n(C)c2=O)c(C)c1. The van der Waals surface area contributed by atoms with Crippen LogP contribution >= 0.6 is 0 Å². The van der Waals surface area contributed by atoms with Crippen LogP contribution in [0.2, 0.25) is 0 Å². The van der Waals surface area contributed by atoms with Crippen molar-refractivity contribution in [3.63, 3.8) is 0 Å². The Bertz CT molecular complexity index is 838. The summed E-state index contributed by atoms with van der Waals surface area (Å²) in [6.07, 6.45) is -4.76. The number of aromatic nitrogens is 2. The van der Waals surface area contributed by atoms with Gasteiger partial charge in [-0.05, 0) is 31.9 Å². The van der Waals surface area contributed by atoms with Crippen LogP contribution < -0.4 is 11.2 Å². The van der Waals surface area contributed by atoms with Gasteiger partial charge in [-0.3, -0.25) is 9.36 Å². The number of nitrogens with zero attached hydrogens (tertiary/aromatic N) is 2. The predicted octanol–water partition coefficient (Wildman–Crippen LogP) is 2.48. The molecule has 1 heterocycles. The number of rotatable bonds is 1. The molecule has 0 aliphatic heterocycles. The number of hydrogen-bond donors (Lipinski definition) is 0. The zero-order chi connectivity index (χ0) is 16.8. The average Bonchev–Trinajstić information content (AvgIpc) is 2.35. The van der Waals surface area contributed by atoms with E-state index in [1.807, 2.05) is 6.92 Å². The van der Waals surface area contributed by atoms with Crippen LogP contribution in [0.5, 0.6) is 0 Å². The van der Waals surface area contributed by atoms with Crippen molar-refractivity contribution in [3.8, 4) is 5.69 Å². The molecule has 1 aromatic heterocycles. The molecule has 0 N–H and O–H groups in total. The molecule has 7 heteroatoms. The third kappa shape index (κ3) is 2.58. The van der Waals surface area contributed by atoms with Gasteiger partial charge in [-0.2, -0.15) is 13.2 Å². The van der Waals surface area contributed by atoms with Gasteiger partial charge in [0.15, 0.2) is 0 Å². The number of alkyl halides is 3. The van der Waals surface area contributed by atoms with E-state index < -0.39 is 23.1 Å². The van der Waals surface area contributed by atoms with Crippen LogP contribution in [0.25, 0.3) is 5.69 Å². The van der Waals surface area contributed by atoms with Crippen molar-refractivity contribution in [1.82, 2.24) is 9.13 Å². The molecule has 0 saturated heterocycles. The van der Waals surface area contributed by atoms with Crippen molar-refractivity contribution in [3.05, 3.63) is 61.4 Å². The molecule has 4 nitrogen and oxygen atoms in total. The van der Waals surface area contributed by atoms with Gasteiger partial charge in [0.2, 0.25) is 0 Å². The molecule has 0 bridgehead atoms. The van der Waals surface area contributed by atoms with E-state index in [1.54, 1.807) is 26.0 Å². The molecule has 0 radical (unpaired) electrons. The quantitative estimate of drug-likeness (QED) is 0.812. The summed E-state index contributed by atoms with van der Waals surface area (Å²) in [5.74, 6) is 0. The Hall–Kier alpha value is -2.31. The summed E-state index contributed by atoms with van der Waals surface area (Å²) in [5.41, 5.74) is -0.713. The van der Waals surface area contributed by atoms with Gasteiger partial charge in [0, 0.05) is 13.1 Å². The van der Waals surface area contributed by atoms with Gasteiger partial charge in [0.25, 0.3) is 5.56 Å². The molecule has 118 valence electrons. The molecule has 0 saturated carbocycles. The molecule has 1 aromatic carbocycles. The van der Waals surface area contributed by atoms with Gasteiger partial charge >= 0.3 is 11.9 Å². The van der Waals surface area contributed by atoms with Crippen LogP contribution in [0, 0.1) is 20.8 Å². The molecular weight excluding hydrogens is 297 g/mol. The molecule has 0 amide bonds. The van der Waals surface area contributed by atoms with Crippen LogP contribution in [0.15, 0.2) is 27.8 Å². The van der Waals surface area contributed by atoms with E-state index >= 15 is 0 Å². The molecule has 0 spiro atoms. The van der Waals surface area contributed by atoms with Crippen molar-refractivity contribution in [1.29, 1.82) is 0 Å². The van der Waals surface area contributed by atoms with Crippen molar-refractivity contribution >= 4 is 0 Å². The minimum absolute atomic E-state index is 0.324. The summed E-state index contributed by atoms with van der Waals surface area (Å²) in [4.78, 5) is 24.4. The molecule has 0 aliphatic rings. The van der Waals surface area contributed by atoms with Crippen LogP contribution in [-0.2, 0) is 13.2 Å². The van der Waals surface area contributed by atoms with Crippen molar-refractivity contribution in [2.75, 3.05) is 0 Å². The highest BCUT2D eigenvalue weighted by Gasteiger charge is 2.35. The second-order valence-corrected chi connectivity index (χ2v) is 5.29. The third-order valence-corrected chi connectivity index (χ3v) is 3.47. The first-order chi connectivity index (χ1) is 10.0. The molecule has 0 aliphatic carbocycles. The Morgan fingerprint density at radius 3 is 1.91 bits per heavy atom. The summed E-state index contributed by atoms with van der Waals surface area (Å²) in [6, 6.07) is 3.98. The Morgan fingerprint density at radius 2 is 1.45 bits per heavy atom. The number of hydrogen-bond acceptors (Lipinski definition) is 2. The van der Waals surface area contributed by atoms with E-state index in [1.165, 1.54) is 0 Å². The average molecular weight is 312 g/mol. The zero-order valence-corrected chi connectivity index (χ0v) is 12.6. The largest absolute Gasteiger partial charge is 0.431 e. The number of aryl methyl sites for hydroxylation is 3. The summed E-state index contributed by atoms with van der Waals surface area (Å²) >= 11 is 0. The number of benzene rings is 1. The molecule has 0 fully saturated rings. The standard InChI is InChI=1S/C15H15F3N2O2/c1-8-5-9(2)13(10(3)6-8)20-12(21)7-11(15(16,17)18)19(4)14(20)22/h5-7H,1-4H3. The van der Waals surface area contributed by atoms with Crippen molar-refractivity contribution in [2.45, 2.75) is 26.9 Å². The van der Waals surface area contributed by atoms with Crippen LogP contribution in [0.4, 0.5) is 13.2 Å². The minimum Gasteiger partial charge on any atom is -0.292 e. The maximum atomic E-state index is 12.8. The summed E-state index contributed by atoms with van der Waals surface area (Å²) in [5, 5.41) is 0. The summed E-state index contributed by atoms with van der Waals surface area (Å²) in [7, 11) is 1.000. The first-order valence-electron chi connectivity index (χ1n) is 6.52. The van der Waals surface area contributed by atoms with Crippen molar-refractivity contribution < 1.29 is 13.2 Å². The third-order valence-electron chi connectivity index (χ3n) is 3.47. The lowest BCUT2D eigenvalue weighted by Gasteiger charge is -2.17. The van der Waals surface area contributed by atoms with E-state index in [4.69, 9.17) is 0 Å². The predicted molar refractivity (Wildman–Crippen MR) is 76.5 cm³/mol. The highest BCUT2D eigenvalue weighted by atomic mass is 19.4. The Balaban J connectivity index is 2.89. The first-order valence-corrected chi connectivity index (χ1v) is 6.52. The monoisotopic (exact) mass is 312 g/mol. The fraction of sp³-hybridized carbons (Fsp3) is 0.333. The van der Waals surface area contributed by atoms with Gasteiger partial charge in [-0.25, -0.2) is 9.36 Å². The molecular formula is C15H15F3N2O2. The molecule has 0 unspecified atom stereocenters. The van der Waals surface area contributed by atoms with Gasteiger partial charge in [-0.15, -0.1) is 0 Å². The smallest absolute Gasteiger partial charge is 0.292 e. The normalized spacial score (nSPS) is 11.8. The highest BCUT2D eigenvalue weighted by molar-refractivity contribution is 5.49. The van der Waals surface area contributed by atoms with E-state index in [-0.39, 0.29) is 0 Å². The fourth-order valence-corrected chi connectivity index (χ4v) is 2.63. The Labute approximate surface area is 124 Å². The van der Waals surface area contributed by atoms with E-state index in [0.717, 1.165) is 17.2 Å². The zero-order valence-electron chi connectivity index (χ0n) is 12.6. The highest BCUT2D eigenvalue weighted by Crippen LogP contribution is 2.27. The molecule has 0 atom stereocenters. The van der Waals surface area contributed by atoms with Crippen molar-refractivity contribution in [2.24, 2.45) is 7.05 Å². The van der Waals surface area contributed by atoms with Gasteiger partial charge < -0.3 is 0 Å². The maximum Gasteiger partial charge on any atom is 0.431 e. The maximum absolute atomic E-state index is 12.8. The topological polar surface area (TPSA) is 44.0 Å². The summed E-state index contributed by atoms with van der Waals surface area (Å²) < 4.78 is 39.8. The Kier molecular flexibility index (Phi) is 3.76. The molecule has 2 aromatic rings. The lowest BCUT2D eigenvalue weighted by molar-refractivity contribution is -0.144. The van der Waals surface area contributed by atoms with Gasteiger partial charge in [0.05, 0.1) is 5.69 Å². The first kappa shape index (κ1) is 16.1. The van der Waals surface area contributed by atoms with Crippen LogP contribution in [-0.4, -0.2) is 9.13 Å². The van der Waals surface area contributed by atoms with Crippen LogP contribution in [0.1, 0.15) is 22.4 Å². The number of halogens is 3. The van der Waals surface area contributed by atoms with Gasteiger partial charge in [0.1, 0.15) is 5.69 Å². The van der Waals surface area contributed by atoms with E-state index in [9.17, 15) is 22.8 Å². The van der Waals surface area contributed by atoms with Crippen LogP contribution in [0.3, 0.4) is 0 Å². The molecule has 2 rings (SSSR count). The summed E-state index contributed by atoms with van der Waals surface area (Å²) in [6.45, 7) is 5.27.